The van der Waals surface area contributed by atoms with Crippen molar-refractivity contribution in [2.24, 2.45) is 0 Å². The van der Waals surface area contributed by atoms with Gasteiger partial charge in [-0.05, 0) is 0 Å². The normalized spacial score (nSPS) is 8.45. The summed E-state index contributed by atoms with van der Waals surface area (Å²) in [6, 6.07) is 0. The third kappa shape index (κ3) is 4.66. The van der Waals surface area contributed by atoms with E-state index < -0.39 is 28.5 Å². The number of aliphatic hydroxyl groups excluding tert-OH is 1. The molecule has 0 aliphatic heterocycles. The van der Waals surface area contributed by atoms with Crippen molar-refractivity contribution in [1.82, 2.24) is 0 Å². The topological polar surface area (TPSA) is 89.9 Å². The molecule has 0 saturated carbocycles. The molecule has 0 atom stereocenters. The molecule has 7 heteroatoms. The van der Waals surface area contributed by atoms with E-state index >= 15 is 0 Å². The molecule has 0 aliphatic rings. The molecule has 62 valence electrons. The SMILES string of the molecule is [O]=[V][O]C(=O)C(=O)OCCO. The van der Waals surface area contributed by atoms with E-state index in [-0.39, 0.29) is 13.2 Å². The predicted molar refractivity (Wildman–Crippen MR) is 24.8 cm³/mol. The molecular formula is C4H5O6V. The minimum atomic E-state index is -1.82. The fourth-order valence-electron chi connectivity index (χ4n) is 0.268. The Kier molecular flexibility index (Phi) is 5.63. The molecule has 0 spiro atoms. The van der Waals surface area contributed by atoms with Crippen LogP contribution in [0.5, 0.6) is 0 Å². The second kappa shape index (κ2) is 6.02. The van der Waals surface area contributed by atoms with Gasteiger partial charge in [0.05, 0.1) is 0 Å². The standard InChI is InChI=1S/C4H6O5.O.V/c5-1-2-9-4(8)3(6)7;;/h5H,1-2H2,(H,6,7);;/q;;+1/p-1. The van der Waals surface area contributed by atoms with E-state index in [0.29, 0.717) is 0 Å². The third-order valence-electron chi connectivity index (χ3n) is 0.611. The van der Waals surface area contributed by atoms with Gasteiger partial charge in [0.15, 0.2) is 0 Å². The number of rotatable bonds is 3. The van der Waals surface area contributed by atoms with Crippen LogP contribution in [0.1, 0.15) is 0 Å². The Balaban J connectivity index is 3.64. The molecule has 0 aliphatic carbocycles. The van der Waals surface area contributed by atoms with Crippen molar-refractivity contribution in [3.8, 4) is 0 Å². The number of carbonyl (C=O) groups excluding carboxylic acids is 2. The van der Waals surface area contributed by atoms with E-state index in [0.717, 1.165) is 0 Å². The van der Waals surface area contributed by atoms with Crippen LogP contribution < -0.4 is 0 Å². The molecule has 0 aromatic rings. The Morgan fingerprint density at radius 3 is 2.45 bits per heavy atom. The zero-order chi connectivity index (χ0) is 8.69. The Bertz CT molecular complexity index is 166. The summed E-state index contributed by atoms with van der Waals surface area (Å²) >= 11 is -1.82. The molecule has 0 amide bonds. The third-order valence-corrected chi connectivity index (χ3v) is 0.987. The average Bonchev–Trinajstić information content (AvgIpc) is 2.00. The second-order valence-electron chi connectivity index (χ2n) is 1.31. The molecule has 0 aromatic heterocycles. The number of carbonyl (C=O) groups is 2. The fourth-order valence-corrected chi connectivity index (χ4v) is 0.490. The van der Waals surface area contributed by atoms with Gasteiger partial charge in [-0.25, -0.2) is 0 Å². The van der Waals surface area contributed by atoms with Gasteiger partial charge in [0.1, 0.15) is 0 Å². The molecule has 1 N–H and O–H groups in total. The van der Waals surface area contributed by atoms with Crippen molar-refractivity contribution < 1.29 is 43.4 Å². The van der Waals surface area contributed by atoms with Crippen molar-refractivity contribution in [3.05, 3.63) is 0 Å². The minimum absolute atomic E-state index is 0.275. The Morgan fingerprint density at radius 1 is 1.36 bits per heavy atom. The van der Waals surface area contributed by atoms with Crippen LogP contribution in [0.15, 0.2) is 0 Å². The van der Waals surface area contributed by atoms with Crippen molar-refractivity contribution in [2.45, 2.75) is 0 Å². The maximum atomic E-state index is 10.4. The molecule has 0 aromatic carbocycles. The van der Waals surface area contributed by atoms with Crippen LogP contribution in [0.2, 0.25) is 0 Å². The van der Waals surface area contributed by atoms with Crippen molar-refractivity contribution in [1.29, 1.82) is 0 Å². The quantitative estimate of drug-likeness (QED) is 0.436. The molecule has 0 rings (SSSR count). The van der Waals surface area contributed by atoms with E-state index in [2.05, 4.69) is 8.40 Å². The first-order chi connectivity index (χ1) is 5.22. The summed E-state index contributed by atoms with van der Waals surface area (Å²) < 4.78 is 17.7. The summed E-state index contributed by atoms with van der Waals surface area (Å²) in [4.78, 5) is 20.7. The van der Waals surface area contributed by atoms with Gasteiger partial charge in [-0.15, -0.1) is 0 Å². The van der Waals surface area contributed by atoms with Gasteiger partial charge in [-0.1, -0.05) is 0 Å². The first-order valence-corrected chi connectivity index (χ1v) is 3.68. The van der Waals surface area contributed by atoms with E-state index in [1.165, 1.54) is 0 Å². The summed E-state index contributed by atoms with van der Waals surface area (Å²) in [6.07, 6.45) is 0. The maximum absolute atomic E-state index is 10.4. The number of esters is 1. The summed E-state index contributed by atoms with van der Waals surface area (Å²) in [5.41, 5.74) is 0. The Labute approximate surface area is 69.1 Å². The molecule has 0 heterocycles. The van der Waals surface area contributed by atoms with Crippen LogP contribution in [0.3, 0.4) is 0 Å². The van der Waals surface area contributed by atoms with Crippen molar-refractivity contribution in [2.75, 3.05) is 13.2 Å². The Hall–Kier alpha value is -0.716. The average molecular weight is 200 g/mol. The van der Waals surface area contributed by atoms with Crippen molar-refractivity contribution >= 4 is 11.9 Å². The summed E-state index contributed by atoms with van der Waals surface area (Å²) in [5.74, 6) is -2.54. The predicted octanol–water partition coefficient (Wildman–Crippen LogP) is -1.59. The van der Waals surface area contributed by atoms with Gasteiger partial charge in [-0.3, -0.25) is 0 Å². The van der Waals surface area contributed by atoms with Crippen LogP contribution in [0.25, 0.3) is 0 Å². The first-order valence-electron chi connectivity index (χ1n) is 2.54. The van der Waals surface area contributed by atoms with Crippen LogP contribution >= 0.6 is 0 Å². The van der Waals surface area contributed by atoms with Gasteiger partial charge >= 0.3 is 68.5 Å². The fraction of sp³-hybridized carbons (Fsp3) is 0.500. The molecule has 0 radical (unpaired) electrons. The summed E-state index contributed by atoms with van der Waals surface area (Å²) in [7, 11) is 0. The van der Waals surface area contributed by atoms with E-state index in [1.807, 2.05) is 0 Å². The summed E-state index contributed by atoms with van der Waals surface area (Å²) in [6.45, 7) is -0.645. The van der Waals surface area contributed by atoms with Gasteiger partial charge in [-0.2, -0.15) is 0 Å². The number of ether oxygens (including phenoxy) is 1. The molecule has 0 unspecified atom stereocenters. The van der Waals surface area contributed by atoms with Crippen LogP contribution in [-0.2, 0) is 38.2 Å². The Morgan fingerprint density at radius 2 is 2.00 bits per heavy atom. The van der Waals surface area contributed by atoms with Gasteiger partial charge < -0.3 is 0 Å². The zero-order valence-corrected chi connectivity index (χ0v) is 6.75. The number of hydrogen-bond acceptors (Lipinski definition) is 6. The summed E-state index contributed by atoms with van der Waals surface area (Å²) in [5, 5.41) is 8.14. The van der Waals surface area contributed by atoms with E-state index in [9.17, 15) is 13.3 Å². The molecule has 0 fully saturated rings. The molecule has 0 saturated heterocycles. The van der Waals surface area contributed by atoms with Gasteiger partial charge in [0.2, 0.25) is 0 Å². The van der Waals surface area contributed by atoms with Crippen LogP contribution in [-0.4, -0.2) is 30.3 Å². The van der Waals surface area contributed by atoms with E-state index in [1.54, 1.807) is 0 Å². The van der Waals surface area contributed by atoms with Crippen molar-refractivity contribution in [3.63, 3.8) is 0 Å². The molecular weight excluding hydrogens is 195 g/mol. The van der Waals surface area contributed by atoms with Gasteiger partial charge in [0, 0.05) is 0 Å². The van der Waals surface area contributed by atoms with E-state index in [4.69, 9.17) is 5.11 Å². The van der Waals surface area contributed by atoms with Crippen LogP contribution in [0, 0.1) is 0 Å². The number of hydrogen-bond donors (Lipinski definition) is 1. The molecule has 0 bridgehead atoms. The zero-order valence-electron chi connectivity index (χ0n) is 5.35. The molecule has 6 nitrogen and oxygen atoms in total. The van der Waals surface area contributed by atoms with Gasteiger partial charge in [0.25, 0.3) is 0 Å². The first kappa shape index (κ1) is 10.3. The van der Waals surface area contributed by atoms with Crippen LogP contribution in [0.4, 0.5) is 0 Å². The number of aliphatic hydroxyl groups is 1. The second-order valence-corrected chi connectivity index (χ2v) is 1.83. The molecule has 11 heavy (non-hydrogen) atoms. The monoisotopic (exact) mass is 200 g/mol.